The number of benzene rings is 1. The third kappa shape index (κ3) is 2.98. The molecule has 0 fully saturated rings. The predicted molar refractivity (Wildman–Crippen MR) is 71.3 cm³/mol. The van der Waals surface area contributed by atoms with Crippen LogP contribution in [0.15, 0.2) is 34.8 Å². The molecule has 1 aromatic heterocycles. The van der Waals surface area contributed by atoms with Crippen LogP contribution in [0.3, 0.4) is 0 Å². The second kappa shape index (κ2) is 5.65. The highest BCUT2D eigenvalue weighted by molar-refractivity contribution is 9.10. The Morgan fingerprint density at radius 3 is 2.83 bits per heavy atom. The summed E-state index contributed by atoms with van der Waals surface area (Å²) in [6, 6.07) is 7.39. The van der Waals surface area contributed by atoms with Crippen LogP contribution >= 0.6 is 27.5 Å². The van der Waals surface area contributed by atoms with Crippen molar-refractivity contribution >= 4 is 27.5 Å². The average Bonchev–Trinajstić information content (AvgIpc) is 2.36. The van der Waals surface area contributed by atoms with Gasteiger partial charge in [-0.2, -0.15) is 0 Å². The number of hydrogen-bond acceptors (Lipinski definition) is 3. The van der Waals surface area contributed by atoms with Crippen molar-refractivity contribution in [1.29, 1.82) is 0 Å². The Balaban J connectivity index is 2.31. The number of ether oxygens (including phenoxy) is 1. The Labute approximate surface area is 117 Å². The fraction of sp³-hybridized carbons (Fsp3) is 0.0833. The summed E-state index contributed by atoms with van der Waals surface area (Å²) in [6.45, 7) is 0.209. The van der Waals surface area contributed by atoms with Gasteiger partial charge in [-0.05, 0) is 34.1 Å². The number of nitrogens with zero attached hydrogens (tertiary/aromatic N) is 1. The van der Waals surface area contributed by atoms with Crippen LogP contribution in [-0.2, 0) is 6.54 Å². The van der Waals surface area contributed by atoms with E-state index in [1.165, 1.54) is 12.1 Å². The molecule has 6 heteroatoms. The molecular weight excluding hydrogens is 322 g/mol. The van der Waals surface area contributed by atoms with Gasteiger partial charge in [0.1, 0.15) is 11.6 Å². The second-order valence-corrected chi connectivity index (χ2v) is 4.72. The van der Waals surface area contributed by atoms with E-state index in [0.717, 1.165) is 0 Å². The van der Waals surface area contributed by atoms with Gasteiger partial charge in [0.05, 0.1) is 15.2 Å². The van der Waals surface area contributed by atoms with Gasteiger partial charge >= 0.3 is 0 Å². The molecule has 0 aliphatic carbocycles. The van der Waals surface area contributed by atoms with Crippen molar-refractivity contribution in [2.45, 2.75) is 6.54 Å². The SMILES string of the molecule is NCc1nc(Oc2cc(F)ccc2Br)ccc1Cl. The molecule has 0 aliphatic rings. The van der Waals surface area contributed by atoms with E-state index >= 15 is 0 Å². The summed E-state index contributed by atoms with van der Waals surface area (Å²) in [6.07, 6.45) is 0. The predicted octanol–water partition coefficient (Wildman–Crippen LogP) is 3.89. The van der Waals surface area contributed by atoms with Crippen molar-refractivity contribution in [1.82, 2.24) is 4.98 Å². The lowest BCUT2D eigenvalue weighted by atomic mass is 10.3. The summed E-state index contributed by atoms with van der Waals surface area (Å²) in [5.74, 6) is 0.264. The number of pyridine rings is 1. The minimum atomic E-state index is -0.388. The summed E-state index contributed by atoms with van der Waals surface area (Å²) in [5.41, 5.74) is 6.02. The third-order valence-corrected chi connectivity index (χ3v) is 3.19. The van der Waals surface area contributed by atoms with Gasteiger partial charge in [0.25, 0.3) is 0 Å². The first-order chi connectivity index (χ1) is 8.60. The molecule has 0 aliphatic heterocycles. The standard InChI is InChI=1S/C12H9BrClFN2O/c13-8-2-1-7(15)5-11(8)18-12-4-3-9(14)10(6-16)17-12/h1-5H,6,16H2. The Morgan fingerprint density at radius 1 is 1.33 bits per heavy atom. The molecule has 1 aromatic carbocycles. The topological polar surface area (TPSA) is 48.1 Å². The lowest BCUT2D eigenvalue weighted by Crippen LogP contribution is -2.01. The smallest absolute Gasteiger partial charge is 0.219 e. The van der Waals surface area contributed by atoms with Gasteiger partial charge in [0, 0.05) is 18.7 Å². The van der Waals surface area contributed by atoms with E-state index in [2.05, 4.69) is 20.9 Å². The molecule has 0 atom stereocenters. The first kappa shape index (κ1) is 13.3. The van der Waals surface area contributed by atoms with Crippen LogP contribution in [0.2, 0.25) is 5.02 Å². The maximum absolute atomic E-state index is 13.1. The normalized spacial score (nSPS) is 10.4. The molecule has 0 amide bonds. The molecular formula is C12H9BrClFN2O. The van der Waals surface area contributed by atoms with Gasteiger partial charge in [0.15, 0.2) is 0 Å². The van der Waals surface area contributed by atoms with Crippen molar-refractivity contribution < 1.29 is 9.13 Å². The maximum Gasteiger partial charge on any atom is 0.219 e. The Kier molecular flexibility index (Phi) is 4.16. The number of rotatable bonds is 3. The van der Waals surface area contributed by atoms with Gasteiger partial charge in [0.2, 0.25) is 5.88 Å². The monoisotopic (exact) mass is 330 g/mol. The lowest BCUT2D eigenvalue weighted by molar-refractivity contribution is 0.453. The average molecular weight is 332 g/mol. The van der Waals surface area contributed by atoms with Crippen LogP contribution in [0.5, 0.6) is 11.6 Å². The molecule has 3 nitrogen and oxygen atoms in total. The van der Waals surface area contributed by atoms with Crippen molar-refractivity contribution in [3.8, 4) is 11.6 Å². The van der Waals surface area contributed by atoms with Gasteiger partial charge in [-0.25, -0.2) is 9.37 Å². The summed E-state index contributed by atoms with van der Waals surface area (Å²) >= 11 is 9.16. The van der Waals surface area contributed by atoms with E-state index in [-0.39, 0.29) is 12.4 Å². The third-order valence-electron chi connectivity index (χ3n) is 2.19. The number of hydrogen-bond donors (Lipinski definition) is 1. The van der Waals surface area contributed by atoms with Gasteiger partial charge < -0.3 is 10.5 Å². The molecule has 1 heterocycles. The van der Waals surface area contributed by atoms with E-state index in [1.807, 2.05) is 0 Å². The number of nitrogens with two attached hydrogens (primary N) is 1. The zero-order chi connectivity index (χ0) is 13.1. The molecule has 0 radical (unpaired) electrons. The van der Waals surface area contributed by atoms with Crippen LogP contribution in [-0.4, -0.2) is 4.98 Å². The quantitative estimate of drug-likeness (QED) is 0.928. The number of halogens is 3. The van der Waals surface area contributed by atoms with Gasteiger partial charge in [-0.3, -0.25) is 0 Å². The maximum atomic E-state index is 13.1. The molecule has 2 N–H and O–H groups in total. The second-order valence-electron chi connectivity index (χ2n) is 3.46. The fourth-order valence-electron chi connectivity index (χ4n) is 1.33. The molecule has 18 heavy (non-hydrogen) atoms. The highest BCUT2D eigenvalue weighted by atomic mass is 79.9. The van der Waals surface area contributed by atoms with Gasteiger partial charge in [-0.15, -0.1) is 0 Å². The van der Waals surface area contributed by atoms with Crippen LogP contribution in [0.25, 0.3) is 0 Å². The molecule has 2 rings (SSSR count). The van der Waals surface area contributed by atoms with E-state index < -0.39 is 0 Å². The molecule has 0 bridgehead atoms. The molecule has 2 aromatic rings. The summed E-state index contributed by atoms with van der Waals surface area (Å²) < 4.78 is 19.2. The van der Waals surface area contributed by atoms with E-state index in [9.17, 15) is 4.39 Å². The highest BCUT2D eigenvalue weighted by Crippen LogP contribution is 2.30. The first-order valence-electron chi connectivity index (χ1n) is 5.08. The fourth-order valence-corrected chi connectivity index (χ4v) is 1.84. The lowest BCUT2D eigenvalue weighted by Gasteiger charge is -2.08. The Hall–Kier alpha value is -1.17. The molecule has 0 saturated heterocycles. The Bertz CT molecular complexity index is 580. The zero-order valence-electron chi connectivity index (χ0n) is 9.16. The highest BCUT2D eigenvalue weighted by Gasteiger charge is 2.07. The molecule has 0 spiro atoms. The molecule has 0 saturated carbocycles. The summed E-state index contributed by atoms with van der Waals surface area (Å²) in [7, 11) is 0. The van der Waals surface area contributed by atoms with Crippen LogP contribution in [0.4, 0.5) is 4.39 Å². The van der Waals surface area contributed by atoms with Gasteiger partial charge in [-0.1, -0.05) is 11.6 Å². The zero-order valence-corrected chi connectivity index (χ0v) is 11.5. The Morgan fingerprint density at radius 2 is 2.11 bits per heavy atom. The first-order valence-corrected chi connectivity index (χ1v) is 6.25. The van der Waals surface area contributed by atoms with Crippen molar-refractivity contribution in [2.75, 3.05) is 0 Å². The van der Waals surface area contributed by atoms with E-state index in [4.69, 9.17) is 22.1 Å². The van der Waals surface area contributed by atoms with E-state index in [1.54, 1.807) is 18.2 Å². The minimum Gasteiger partial charge on any atom is -0.438 e. The van der Waals surface area contributed by atoms with Crippen molar-refractivity contribution in [2.24, 2.45) is 5.73 Å². The number of aromatic nitrogens is 1. The van der Waals surface area contributed by atoms with E-state index in [0.29, 0.717) is 26.8 Å². The van der Waals surface area contributed by atoms with Crippen LogP contribution in [0.1, 0.15) is 5.69 Å². The van der Waals surface area contributed by atoms with Crippen LogP contribution < -0.4 is 10.5 Å². The minimum absolute atomic E-state index is 0.209. The van der Waals surface area contributed by atoms with Crippen molar-refractivity contribution in [3.05, 3.63) is 51.3 Å². The van der Waals surface area contributed by atoms with Crippen LogP contribution in [0, 0.1) is 5.82 Å². The molecule has 94 valence electrons. The van der Waals surface area contributed by atoms with Crippen molar-refractivity contribution in [3.63, 3.8) is 0 Å². The molecule has 0 unspecified atom stereocenters. The summed E-state index contributed by atoms with van der Waals surface area (Å²) in [4.78, 5) is 4.13. The largest absolute Gasteiger partial charge is 0.438 e. The summed E-state index contributed by atoms with van der Waals surface area (Å²) in [5, 5.41) is 0.475.